The largest absolute Gasteiger partial charge is 0.489 e. The second-order valence-electron chi connectivity index (χ2n) is 7.14. The highest BCUT2D eigenvalue weighted by Gasteiger charge is 2.07. The molecule has 3 rings (SSSR count). The number of rotatable bonds is 9. The van der Waals surface area contributed by atoms with E-state index in [0.29, 0.717) is 12.4 Å². The van der Waals surface area contributed by atoms with Crippen LogP contribution in [0.4, 0.5) is 10.1 Å². The predicted octanol–water partition coefficient (Wildman–Crippen LogP) is 4.58. The number of nitrogens with one attached hydrogen (secondary N) is 2. The van der Waals surface area contributed by atoms with Crippen molar-refractivity contribution in [2.75, 3.05) is 5.32 Å². The first-order valence-electron chi connectivity index (χ1n) is 10.1. The fourth-order valence-electron chi connectivity index (χ4n) is 2.79. The molecule has 0 aliphatic carbocycles. The molecule has 0 atom stereocenters. The molecule has 0 radical (unpaired) electrons. The minimum atomic E-state index is -0.347. The maximum atomic E-state index is 12.9. The number of hydrogen-bond acceptors (Lipinski definition) is 4. The van der Waals surface area contributed by atoms with Gasteiger partial charge in [0.1, 0.15) is 18.2 Å². The molecule has 0 aromatic heterocycles. The molecule has 32 heavy (non-hydrogen) atoms. The van der Waals surface area contributed by atoms with Gasteiger partial charge < -0.3 is 10.1 Å². The van der Waals surface area contributed by atoms with E-state index >= 15 is 0 Å². The van der Waals surface area contributed by atoms with Gasteiger partial charge in [0.15, 0.2) is 0 Å². The molecule has 2 amide bonds. The molecule has 0 heterocycles. The number of amides is 2. The van der Waals surface area contributed by atoms with Gasteiger partial charge in [-0.25, -0.2) is 9.82 Å². The molecule has 0 saturated carbocycles. The minimum absolute atomic E-state index is 0.0330. The minimum Gasteiger partial charge on any atom is -0.489 e. The summed E-state index contributed by atoms with van der Waals surface area (Å²) in [4.78, 5) is 23.9. The molecule has 164 valence electrons. The van der Waals surface area contributed by atoms with Crippen molar-refractivity contribution in [3.63, 3.8) is 0 Å². The highest BCUT2D eigenvalue weighted by molar-refractivity contribution is 5.94. The quantitative estimate of drug-likeness (QED) is 0.383. The zero-order valence-corrected chi connectivity index (χ0v) is 17.7. The lowest BCUT2D eigenvalue weighted by Crippen LogP contribution is -2.20. The summed E-state index contributed by atoms with van der Waals surface area (Å²) in [5, 5.41) is 6.71. The van der Waals surface area contributed by atoms with Gasteiger partial charge in [-0.3, -0.25) is 9.59 Å². The van der Waals surface area contributed by atoms with Crippen LogP contribution in [0, 0.1) is 12.7 Å². The number of nitrogens with zero attached hydrogens (tertiary/aromatic N) is 1. The SMILES string of the molecule is Cc1ccccc1NC(=O)CCC(=O)NN=Cc1ccc(OCc2ccc(F)cc2)cc1. The molecular formula is C25H24FN3O3. The van der Waals surface area contributed by atoms with E-state index in [9.17, 15) is 14.0 Å². The molecule has 7 heteroatoms. The van der Waals surface area contributed by atoms with Gasteiger partial charge in [0.2, 0.25) is 11.8 Å². The second-order valence-corrected chi connectivity index (χ2v) is 7.14. The first-order valence-corrected chi connectivity index (χ1v) is 10.1. The monoisotopic (exact) mass is 433 g/mol. The Bertz CT molecular complexity index is 1080. The summed E-state index contributed by atoms with van der Waals surface area (Å²) >= 11 is 0. The fourth-order valence-corrected chi connectivity index (χ4v) is 2.79. The molecule has 3 aromatic rings. The van der Waals surface area contributed by atoms with Crippen molar-refractivity contribution in [2.45, 2.75) is 26.4 Å². The Hall–Kier alpha value is -4.00. The third-order valence-electron chi connectivity index (χ3n) is 4.60. The van der Waals surface area contributed by atoms with Crippen molar-refractivity contribution in [2.24, 2.45) is 5.10 Å². The smallest absolute Gasteiger partial charge is 0.240 e. The van der Waals surface area contributed by atoms with Crippen LogP contribution in [-0.2, 0) is 16.2 Å². The van der Waals surface area contributed by atoms with Crippen LogP contribution < -0.4 is 15.5 Å². The zero-order valence-electron chi connectivity index (χ0n) is 17.7. The highest BCUT2D eigenvalue weighted by atomic mass is 19.1. The van der Waals surface area contributed by atoms with Gasteiger partial charge in [-0.2, -0.15) is 5.10 Å². The molecule has 0 aliphatic rings. The summed E-state index contributed by atoms with van der Waals surface area (Å²) in [6.45, 7) is 2.24. The number of halogens is 1. The number of ether oxygens (including phenoxy) is 1. The Labute approximate surface area is 186 Å². The van der Waals surface area contributed by atoms with Crippen LogP contribution in [0.2, 0.25) is 0 Å². The Morgan fingerprint density at radius 3 is 2.34 bits per heavy atom. The Balaban J connectivity index is 1.38. The number of benzene rings is 3. The summed E-state index contributed by atoms with van der Waals surface area (Å²) in [7, 11) is 0. The molecule has 3 aromatic carbocycles. The second kappa shape index (κ2) is 11.4. The van der Waals surface area contributed by atoms with E-state index in [1.54, 1.807) is 36.4 Å². The molecule has 0 fully saturated rings. The fraction of sp³-hybridized carbons (Fsp3) is 0.160. The van der Waals surface area contributed by atoms with E-state index in [1.165, 1.54) is 18.3 Å². The summed E-state index contributed by atoms with van der Waals surface area (Å²) < 4.78 is 18.6. The van der Waals surface area contributed by atoms with Gasteiger partial charge in [-0.1, -0.05) is 30.3 Å². The number of para-hydroxylation sites is 1. The molecule has 6 nitrogen and oxygen atoms in total. The molecule has 0 spiro atoms. The highest BCUT2D eigenvalue weighted by Crippen LogP contribution is 2.15. The summed E-state index contributed by atoms with van der Waals surface area (Å²) in [6.07, 6.45) is 1.61. The summed E-state index contributed by atoms with van der Waals surface area (Å²) in [6, 6.07) is 20.7. The van der Waals surface area contributed by atoms with E-state index < -0.39 is 0 Å². The maximum absolute atomic E-state index is 12.9. The van der Waals surface area contributed by atoms with Crippen LogP contribution in [-0.4, -0.2) is 18.0 Å². The van der Waals surface area contributed by atoms with E-state index in [4.69, 9.17) is 4.74 Å². The summed E-state index contributed by atoms with van der Waals surface area (Å²) in [5.74, 6) is -0.194. The lowest BCUT2D eigenvalue weighted by Gasteiger charge is -2.07. The average molecular weight is 433 g/mol. The zero-order chi connectivity index (χ0) is 22.8. The van der Waals surface area contributed by atoms with Crippen LogP contribution in [0.3, 0.4) is 0 Å². The van der Waals surface area contributed by atoms with Crippen molar-refractivity contribution in [3.8, 4) is 5.75 Å². The Kier molecular flexibility index (Phi) is 8.09. The molecular weight excluding hydrogens is 409 g/mol. The lowest BCUT2D eigenvalue weighted by atomic mass is 10.2. The summed E-state index contributed by atoms with van der Waals surface area (Å²) in [5.41, 5.74) is 5.76. The first kappa shape index (κ1) is 22.7. The van der Waals surface area contributed by atoms with Gasteiger partial charge in [0.25, 0.3) is 0 Å². The van der Waals surface area contributed by atoms with Crippen molar-refractivity contribution >= 4 is 23.7 Å². The average Bonchev–Trinajstić information content (AvgIpc) is 2.80. The van der Waals surface area contributed by atoms with E-state index in [2.05, 4.69) is 15.8 Å². The first-order chi connectivity index (χ1) is 15.5. The van der Waals surface area contributed by atoms with Crippen LogP contribution in [0.15, 0.2) is 77.9 Å². The van der Waals surface area contributed by atoms with Gasteiger partial charge in [0, 0.05) is 18.5 Å². The van der Waals surface area contributed by atoms with Crippen LogP contribution in [0.5, 0.6) is 5.75 Å². The third kappa shape index (κ3) is 7.36. The standard InChI is InChI=1S/C25H24FN3O3/c1-18-4-2-3-5-23(18)28-24(30)14-15-25(31)29-27-16-19-8-12-22(13-9-19)32-17-20-6-10-21(26)11-7-20/h2-13,16H,14-15,17H2,1H3,(H,28,30)(H,29,31). The Morgan fingerprint density at radius 2 is 1.62 bits per heavy atom. The van der Waals surface area contributed by atoms with Gasteiger partial charge in [-0.05, 0) is 66.1 Å². The molecule has 0 unspecified atom stereocenters. The van der Waals surface area contributed by atoms with Crippen molar-refractivity contribution < 1.29 is 18.7 Å². The molecule has 2 N–H and O–H groups in total. The third-order valence-corrected chi connectivity index (χ3v) is 4.60. The maximum Gasteiger partial charge on any atom is 0.240 e. The number of hydrogen-bond donors (Lipinski definition) is 2. The number of carbonyl (C=O) groups excluding carboxylic acids is 2. The van der Waals surface area contributed by atoms with Crippen molar-refractivity contribution in [3.05, 3.63) is 95.3 Å². The van der Waals surface area contributed by atoms with Crippen LogP contribution >= 0.6 is 0 Å². The Morgan fingerprint density at radius 1 is 0.938 bits per heavy atom. The van der Waals surface area contributed by atoms with Gasteiger partial charge >= 0.3 is 0 Å². The topological polar surface area (TPSA) is 79.8 Å². The number of carbonyl (C=O) groups is 2. The predicted molar refractivity (Wildman–Crippen MR) is 122 cm³/mol. The molecule has 0 bridgehead atoms. The van der Waals surface area contributed by atoms with Crippen molar-refractivity contribution in [1.82, 2.24) is 5.43 Å². The van der Waals surface area contributed by atoms with E-state index in [-0.39, 0.29) is 30.5 Å². The normalized spacial score (nSPS) is 10.7. The van der Waals surface area contributed by atoms with E-state index in [1.807, 2.05) is 31.2 Å². The van der Waals surface area contributed by atoms with Crippen molar-refractivity contribution in [1.29, 1.82) is 0 Å². The van der Waals surface area contributed by atoms with Crippen LogP contribution in [0.1, 0.15) is 29.5 Å². The number of anilines is 1. The molecule has 0 aliphatic heterocycles. The van der Waals surface area contributed by atoms with Gasteiger partial charge in [-0.15, -0.1) is 0 Å². The number of hydrazone groups is 1. The van der Waals surface area contributed by atoms with Gasteiger partial charge in [0.05, 0.1) is 6.21 Å². The number of aryl methyl sites for hydroxylation is 1. The molecule has 0 saturated heterocycles. The lowest BCUT2D eigenvalue weighted by molar-refractivity contribution is -0.124. The van der Waals surface area contributed by atoms with E-state index in [0.717, 1.165) is 22.4 Å². The van der Waals surface area contributed by atoms with Crippen LogP contribution in [0.25, 0.3) is 0 Å².